The third-order valence-electron chi connectivity index (χ3n) is 2.13. The molecule has 0 amide bonds. The van der Waals surface area contributed by atoms with Crippen molar-refractivity contribution >= 4 is 21.4 Å². The van der Waals surface area contributed by atoms with Crippen LogP contribution in [0.3, 0.4) is 0 Å². The topological polar surface area (TPSA) is 59.1 Å². The Balaban J connectivity index is 2.05. The largest absolute Gasteiger partial charge is 0.245 e. The van der Waals surface area contributed by atoms with Gasteiger partial charge in [0.1, 0.15) is 5.01 Å². The fourth-order valence-corrected chi connectivity index (χ4v) is 3.10. The van der Waals surface area contributed by atoms with Crippen LogP contribution in [0.4, 0.5) is 0 Å². The van der Waals surface area contributed by atoms with Gasteiger partial charge in [-0.05, 0) is 19.3 Å². The highest BCUT2D eigenvalue weighted by Gasteiger charge is 2.16. The average Bonchev–Trinajstić information content (AvgIpc) is 2.56. The molecule has 0 unspecified atom stereocenters. The van der Waals surface area contributed by atoms with Crippen LogP contribution in [0.15, 0.2) is 0 Å². The molecule has 0 aliphatic heterocycles. The lowest BCUT2D eigenvalue weighted by Crippen LogP contribution is -2.21. The Bertz CT molecular complexity index is 415. The first-order valence-corrected chi connectivity index (χ1v) is 7.17. The lowest BCUT2D eigenvalue weighted by Gasteiger charge is -1.97. The molecule has 0 aromatic carbocycles. The van der Waals surface area contributed by atoms with E-state index in [1.54, 1.807) is 11.3 Å². The summed E-state index contributed by atoms with van der Waals surface area (Å²) in [4.78, 5) is 5.71. The van der Waals surface area contributed by atoms with E-state index in [2.05, 4.69) is 9.71 Å². The Hall–Kier alpha value is -0.460. The van der Waals surface area contributed by atoms with Gasteiger partial charge in [-0.2, -0.15) is 0 Å². The molecule has 0 bridgehead atoms. The van der Waals surface area contributed by atoms with Gasteiger partial charge in [0.25, 0.3) is 0 Å². The van der Waals surface area contributed by atoms with Crippen molar-refractivity contribution in [2.75, 3.05) is 6.26 Å². The zero-order valence-corrected chi connectivity index (χ0v) is 9.54. The molecular weight excluding hydrogens is 220 g/mol. The number of thiazole rings is 1. The molecule has 0 radical (unpaired) electrons. The molecule has 1 aromatic rings. The van der Waals surface area contributed by atoms with Crippen LogP contribution in [-0.4, -0.2) is 19.7 Å². The Kier molecular flexibility index (Phi) is 2.59. The Morgan fingerprint density at radius 2 is 2.29 bits per heavy atom. The van der Waals surface area contributed by atoms with Crippen LogP contribution >= 0.6 is 11.3 Å². The fraction of sp³-hybridized carbons (Fsp3) is 0.625. The molecule has 1 aliphatic carbocycles. The summed E-state index contributed by atoms with van der Waals surface area (Å²) in [6, 6.07) is 0. The molecule has 1 aromatic heterocycles. The van der Waals surface area contributed by atoms with E-state index in [-0.39, 0.29) is 0 Å². The first kappa shape index (κ1) is 10.1. The van der Waals surface area contributed by atoms with Gasteiger partial charge in [-0.25, -0.2) is 18.1 Å². The third-order valence-corrected chi connectivity index (χ3v) is 3.95. The van der Waals surface area contributed by atoms with Crippen molar-refractivity contribution in [2.24, 2.45) is 0 Å². The molecule has 0 fully saturated rings. The minimum atomic E-state index is -3.10. The van der Waals surface area contributed by atoms with E-state index in [1.165, 1.54) is 17.0 Å². The van der Waals surface area contributed by atoms with Crippen LogP contribution < -0.4 is 4.72 Å². The number of aromatic nitrogens is 1. The van der Waals surface area contributed by atoms with E-state index >= 15 is 0 Å². The van der Waals surface area contributed by atoms with Crippen molar-refractivity contribution < 1.29 is 8.42 Å². The SMILES string of the molecule is CS(=O)(=O)NCc1nc2c(s1)CCC2. The van der Waals surface area contributed by atoms with Gasteiger partial charge in [0.05, 0.1) is 18.5 Å². The quantitative estimate of drug-likeness (QED) is 0.833. The van der Waals surface area contributed by atoms with Crippen molar-refractivity contribution in [1.82, 2.24) is 9.71 Å². The summed E-state index contributed by atoms with van der Waals surface area (Å²) in [7, 11) is -3.10. The van der Waals surface area contributed by atoms with Gasteiger partial charge in [0.15, 0.2) is 0 Å². The van der Waals surface area contributed by atoms with Crippen LogP contribution in [0.25, 0.3) is 0 Å². The fourth-order valence-electron chi connectivity index (χ4n) is 1.51. The number of rotatable bonds is 3. The van der Waals surface area contributed by atoms with E-state index in [4.69, 9.17) is 0 Å². The molecule has 78 valence electrons. The number of sulfonamides is 1. The molecule has 0 atom stereocenters. The predicted octanol–water partition coefficient (Wildman–Crippen LogP) is 0.681. The summed E-state index contributed by atoms with van der Waals surface area (Å²) in [6.45, 7) is 0.330. The summed E-state index contributed by atoms with van der Waals surface area (Å²) < 4.78 is 24.1. The van der Waals surface area contributed by atoms with Crippen molar-refractivity contribution in [3.05, 3.63) is 15.6 Å². The smallest absolute Gasteiger partial charge is 0.209 e. The number of nitrogens with one attached hydrogen (secondary N) is 1. The van der Waals surface area contributed by atoms with Crippen LogP contribution in [-0.2, 0) is 29.4 Å². The molecule has 1 aliphatic rings. The molecule has 1 heterocycles. The summed E-state index contributed by atoms with van der Waals surface area (Å²) in [5.41, 5.74) is 1.17. The van der Waals surface area contributed by atoms with Crippen molar-refractivity contribution in [2.45, 2.75) is 25.8 Å². The Morgan fingerprint density at radius 1 is 1.50 bits per heavy atom. The summed E-state index contributed by atoms with van der Waals surface area (Å²) >= 11 is 1.62. The number of aryl methyl sites for hydroxylation is 2. The first-order chi connectivity index (χ1) is 6.54. The monoisotopic (exact) mass is 232 g/mol. The third kappa shape index (κ3) is 2.31. The summed E-state index contributed by atoms with van der Waals surface area (Å²) in [5, 5.41) is 0.875. The zero-order valence-electron chi connectivity index (χ0n) is 7.91. The second-order valence-corrected chi connectivity index (χ2v) is 6.43. The highest BCUT2D eigenvalue weighted by molar-refractivity contribution is 7.88. The van der Waals surface area contributed by atoms with Gasteiger partial charge in [-0.1, -0.05) is 0 Å². The van der Waals surface area contributed by atoms with E-state index in [1.807, 2.05) is 0 Å². The summed E-state index contributed by atoms with van der Waals surface area (Å²) in [6.07, 6.45) is 4.50. The summed E-state index contributed by atoms with van der Waals surface area (Å²) in [5.74, 6) is 0. The van der Waals surface area contributed by atoms with E-state index < -0.39 is 10.0 Å². The lowest BCUT2D eigenvalue weighted by atomic mass is 10.4. The normalized spacial score (nSPS) is 15.8. The van der Waals surface area contributed by atoms with Crippen molar-refractivity contribution in [1.29, 1.82) is 0 Å². The maximum Gasteiger partial charge on any atom is 0.209 e. The average molecular weight is 232 g/mol. The highest BCUT2D eigenvalue weighted by Crippen LogP contribution is 2.27. The number of hydrogen-bond donors (Lipinski definition) is 1. The maximum absolute atomic E-state index is 10.8. The van der Waals surface area contributed by atoms with Crippen LogP contribution in [0, 0.1) is 0 Å². The zero-order chi connectivity index (χ0) is 10.2. The molecule has 6 heteroatoms. The van der Waals surface area contributed by atoms with Gasteiger partial charge in [-0.3, -0.25) is 0 Å². The minimum absolute atomic E-state index is 0.330. The van der Waals surface area contributed by atoms with Gasteiger partial charge < -0.3 is 0 Å². The van der Waals surface area contributed by atoms with E-state index in [0.717, 1.165) is 24.1 Å². The predicted molar refractivity (Wildman–Crippen MR) is 55.8 cm³/mol. The molecule has 1 N–H and O–H groups in total. The highest BCUT2D eigenvalue weighted by atomic mass is 32.2. The molecule has 14 heavy (non-hydrogen) atoms. The van der Waals surface area contributed by atoms with Gasteiger partial charge >= 0.3 is 0 Å². The maximum atomic E-state index is 10.8. The van der Waals surface area contributed by atoms with Gasteiger partial charge in [-0.15, -0.1) is 11.3 Å². The number of nitrogens with zero attached hydrogens (tertiary/aromatic N) is 1. The van der Waals surface area contributed by atoms with Gasteiger partial charge in [0, 0.05) is 4.88 Å². The van der Waals surface area contributed by atoms with Gasteiger partial charge in [0.2, 0.25) is 10.0 Å². The molecular formula is C8H12N2O2S2. The standard InChI is InChI=1S/C8H12N2O2S2/c1-14(11,12)9-5-8-10-6-3-2-4-7(6)13-8/h9H,2-5H2,1H3. The Morgan fingerprint density at radius 3 is 2.93 bits per heavy atom. The lowest BCUT2D eigenvalue weighted by molar-refractivity contribution is 0.587. The van der Waals surface area contributed by atoms with E-state index in [0.29, 0.717) is 6.54 Å². The molecule has 0 saturated carbocycles. The second kappa shape index (κ2) is 3.60. The second-order valence-electron chi connectivity index (χ2n) is 3.42. The van der Waals surface area contributed by atoms with Crippen molar-refractivity contribution in [3.8, 4) is 0 Å². The van der Waals surface area contributed by atoms with Crippen LogP contribution in [0.5, 0.6) is 0 Å². The number of hydrogen-bond acceptors (Lipinski definition) is 4. The number of fused-ring (bicyclic) bond motifs is 1. The van der Waals surface area contributed by atoms with E-state index in [9.17, 15) is 8.42 Å². The molecule has 2 rings (SSSR count). The molecule has 4 nitrogen and oxygen atoms in total. The minimum Gasteiger partial charge on any atom is -0.245 e. The van der Waals surface area contributed by atoms with Crippen LogP contribution in [0.2, 0.25) is 0 Å². The first-order valence-electron chi connectivity index (χ1n) is 4.47. The molecule has 0 spiro atoms. The Labute approximate surface area is 87.4 Å². The molecule has 0 saturated heterocycles. The van der Waals surface area contributed by atoms with Crippen molar-refractivity contribution in [3.63, 3.8) is 0 Å². The van der Waals surface area contributed by atoms with Crippen LogP contribution in [0.1, 0.15) is 22.0 Å².